The minimum absolute atomic E-state index is 0.0653. The van der Waals surface area contributed by atoms with Gasteiger partial charge >= 0.3 is 0 Å². The minimum Gasteiger partial charge on any atom is -0.371 e. The molecule has 1 fully saturated rings. The highest BCUT2D eigenvalue weighted by atomic mass is 32.2. The Labute approximate surface area is 202 Å². The van der Waals surface area contributed by atoms with Gasteiger partial charge in [0.15, 0.2) is 0 Å². The summed E-state index contributed by atoms with van der Waals surface area (Å²) in [5.41, 5.74) is 4.71. The van der Waals surface area contributed by atoms with E-state index in [1.807, 2.05) is 38.1 Å². The van der Waals surface area contributed by atoms with E-state index >= 15 is 0 Å². The second-order valence-corrected chi connectivity index (χ2v) is 10.6. The predicted molar refractivity (Wildman–Crippen MR) is 137 cm³/mol. The number of aryl methyl sites for hydroxylation is 2. The van der Waals surface area contributed by atoms with Crippen LogP contribution in [0.2, 0.25) is 0 Å². The van der Waals surface area contributed by atoms with E-state index in [1.54, 1.807) is 30.1 Å². The van der Waals surface area contributed by atoms with Crippen LogP contribution in [0.3, 0.4) is 0 Å². The Hall–Kier alpha value is -3.32. The molecule has 1 saturated heterocycles. The van der Waals surface area contributed by atoms with Crippen molar-refractivity contribution in [3.05, 3.63) is 89.0 Å². The summed E-state index contributed by atoms with van der Waals surface area (Å²) in [4.78, 5) is 17.5. The van der Waals surface area contributed by atoms with E-state index in [2.05, 4.69) is 21.8 Å². The van der Waals surface area contributed by atoms with Gasteiger partial charge in [0.25, 0.3) is 15.9 Å². The second kappa shape index (κ2) is 9.89. The monoisotopic (exact) mass is 477 g/mol. The van der Waals surface area contributed by atoms with Crippen molar-refractivity contribution >= 4 is 27.3 Å². The third kappa shape index (κ3) is 5.09. The lowest BCUT2D eigenvalue weighted by Crippen LogP contribution is -2.29. The third-order valence-corrected chi connectivity index (χ3v) is 7.69. The summed E-state index contributed by atoms with van der Waals surface area (Å²) in [5, 5.41) is 0. The number of amides is 1. The Morgan fingerprint density at radius 1 is 0.941 bits per heavy atom. The maximum atomic E-state index is 13.4. The van der Waals surface area contributed by atoms with Crippen LogP contribution in [-0.4, -0.2) is 39.4 Å². The molecule has 0 unspecified atom stereocenters. The van der Waals surface area contributed by atoms with Gasteiger partial charge < -0.3 is 9.80 Å². The van der Waals surface area contributed by atoms with Gasteiger partial charge in [-0.2, -0.15) is 0 Å². The van der Waals surface area contributed by atoms with E-state index in [4.69, 9.17) is 0 Å². The van der Waals surface area contributed by atoms with Crippen LogP contribution in [0.25, 0.3) is 0 Å². The zero-order valence-corrected chi connectivity index (χ0v) is 20.7. The van der Waals surface area contributed by atoms with Crippen molar-refractivity contribution in [1.82, 2.24) is 4.90 Å². The molecular weight excluding hydrogens is 446 g/mol. The molecule has 1 N–H and O–H groups in total. The number of hydrogen-bond donors (Lipinski definition) is 1. The molecule has 1 heterocycles. The Bertz CT molecular complexity index is 1300. The van der Waals surface area contributed by atoms with Crippen LogP contribution >= 0.6 is 0 Å². The number of carbonyl (C=O) groups excluding carboxylic acids is 1. The largest absolute Gasteiger partial charge is 0.371 e. The van der Waals surface area contributed by atoms with Crippen molar-refractivity contribution < 1.29 is 13.2 Å². The molecule has 0 aromatic heterocycles. The molecule has 0 radical (unpaired) electrons. The molecule has 0 saturated carbocycles. The van der Waals surface area contributed by atoms with Gasteiger partial charge in [0, 0.05) is 37.9 Å². The summed E-state index contributed by atoms with van der Waals surface area (Å²) in [5.74, 6) is -0.207. The van der Waals surface area contributed by atoms with E-state index in [9.17, 15) is 13.2 Å². The first-order valence-corrected chi connectivity index (χ1v) is 13.0. The maximum absolute atomic E-state index is 13.4. The summed E-state index contributed by atoms with van der Waals surface area (Å²) in [7, 11) is -2.08. The van der Waals surface area contributed by atoms with Crippen LogP contribution in [0.15, 0.2) is 71.6 Å². The quantitative estimate of drug-likeness (QED) is 0.521. The zero-order valence-electron chi connectivity index (χ0n) is 19.9. The highest BCUT2D eigenvalue weighted by molar-refractivity contribution is 7.92. The molecule has 1 aliphatic rings. The summed E-state index contributed by atoms with van der Waals surface area (Å²) in [6, 6.07) is 20.1. The molecule has 0 aliphatic carbocycles. The molecule has 0 bridgehead atoms. The number of nitrogens with one attached hydrogen (secondary N) is 1. The first-order valence-electron chi connectivity index (χ1n) is 11.5. The average molecular weight is 478 g/mol. The molecule has 6 nitrogen and oxygen atoms in total. The Morgan fingerprint density at radius 2 is 1.62 bits per heavy atom. The van der Waals surface area contributed by atoms with Gasteiger partial charge in [0.1, 0.15) is 0 Å². The number of carbonyl (C=O) groups is 1. The highest BCUT2D eigenvalue weighted by Gasteiger charge is 2.22. The fraction of sp³-hybridized carbons (Fsp3) is 0.296. The lowest BCUT2D eigenvalue weighted by molar-refractivity contribution is 0.0784. The van der Waals surface area contributed by atoms with Gasteiger partial charge in [-0.1, -0.05) is 42.5 Å². The van der Waals surface area contributed by atoms with Gasteiger partial charge in [-0.3, -0.25) is 9.52 Å². The second-order valence-electron chi connectivity index (χ2n) is 8.88. The van der Waals surface area contributed by atoms with Crippen molar-refractivity contribution in [3.63, 3.8) is 0 Å². The summed E-state index contributed by atoms with van der Waals surface area (Å²) < 4.78 is 28.7. The molecule has 34 heavy (non-hydrogen) atoms. The fourth-order valence-corrected chi connectivity index (χ4v) is 5.49. The van der Waals surface area contributed by atoms with E-state index in [0.29, 0.717) is 17.8 Å². The van der Waals surface area contributed by atoms with E-state index in [0.717, 1.165) is 35.5 Å². The highest BCUT2D eigenvalue weighted by Crippen LogP contribution is 2.27. The first kappa shape index (κ1) is 23.8. The van der Waals surface area contributed by atoms with Crippen LogP contribution in [0, 0.1) is 13.8 Å². The van der Waals surface area contributed by atoms with Gasteiger partial charge in [-0.25, -0.2) is 8.42 Å². The molecule has 4 rings (SSSR count). The number of benzene rings is 3. The average Bonchev–Trinajstić information content (AvgIpc) is 3.35. The van der Waals surface area contributed by atoms with Gasteiger partial charge in [-0.15, -0.1) is 0 Å². The number of rotatable bonds is 7. The SMILES string of the molecule is Cc1ccccc1NS(=O)(=O)c1ccc(C)c(C(=O)N(C)Cc2ccccc2N2CCCC2)c1. The zero-order chi connectivity index (χ0) is 24.3. The molecule has 0 atom stereocenters. The molecule has 3 aromatic carbocycles. The van der Waals surface area contributed by atoms with Crippen LogP contribution in [0.5, 0.6) is 0 Å². The predicted octanol–water partition coefficient (Wildman–Crippen LogP) is 4.98. The van der Waals surface area contributed by atoms with Crippen molar-refractivity contribution in [2.75, 3.05) is 29.8 Å². The number of hydrogen-bond acceptors (Lipinski definition) is 4. The van der Waals surface area contributed by atoms with Gasteiger partial charge in [0.05, 0.1) is 10.6 Å². The molecular formula is C27H31N3O3S. The Kier molecular flexibility index (Phi) is 6.93. The molecule has 7 heteroatoms. The molecule has 3 aromatic rings. The first-order chi connectivity index (χ1) is 16.3. The van der Waals surface area contributed by atoms with Crippen molar-refractivity contribution in [2.24, 2.45) is 0 Å². The summed E-state index contributed by atoms with van der Waals surface area (Å²) in [6.07, 6.45) is 2.36. The number of anilines is 2. The molecule has 0 spiro atoms. The van der Waals surface area contributed by atoms with E-state index in [1.165, 1.54) is 25.0 Å². The Balaban J connectivity index is 1.57. The number of para-hydroxylation sites is 2. The standard InChI is InChI=1S/C27H31N3O3S/c1-20-14-15-23(34(32,33)28-25-12-6-4-10-21(25)2)18-24(20)27(31)29(3)19-22-11-5-7-13-26(22)30-16-8-9-17-30/h4-7,10-15,18,28H,8-9,16-17,19H2,1-3H3. The van der Waals surface area contributed by atoms with Crippen molar-refractivity contribution in [2.45, 2.75) is 38.1 Å². The number of nitrogens with zero attached hydrogens (tertiary/aromatic N) is 2. The lowest BCUT2D eigenvalue weighted by Gasteiger charge is -2.25. The molecule has 1 amide bonds. The normalized spacial score (nSPS) is 13.7. The topological polar surface area (TPSA) is 69.7 Å². The van der Waals surface area contributed by atoms with Crippen molar-refractivity contribution in [3.8, 4) is 0 Å². The maximum Gasteiger partial charge on any atom is 0.261 e. The van der Waals surface area contributed by atoms with Crippen molar-refractivity contribution in [1.29, 1.82) is 0 Å². The summed E-state index contributed by atoms with van der Waals surface area (Å²) >= 11 is 0. The van der Waals surface area contributed by atoms with Crippen LogP contribution in [0.4, 0.5) is 11.4 Å². The van der Waals surface area contributed by atoms with Gasteiger partial charge in [-0.05, 0) is 67.6 Å². The third-order valence-electron chi connectivity index (χ3n) is 6.33. The lowest BCUT2D eigenvalue weighted by atomic mass is 10.1. The molecule has 178 valence electrons. The fourth-order valence-electron chi connectivity index (χ4n) is 4.33. The van der Waals surface area contributed by atoms with Crippen LogP contribution < -0.4 is 9.62 Å². The molecule has 1 aliphatic heterocycles. The number of sulfonamides is 1. The Morgan fingerprint density at radius 3 is 2.35 bits per heavy atom. The van der Waals surface area contributed by atoms with Gasteiger partial charge in [0.2, 0.25) is 0 Å². The van der Waals surface area contributed by atoms with E-state index in [-0.39, 0.29) is 10.8 Å². The summed E-state index contributed by atoms with van der Waals surface area (Å²) in [6.45, 7) is 6.17. The van der Waals surface area contributed by atoms with Crippen LogP contribution in [-0.2, 0) is 16.6 Å². The van der Waals surface area contributed by atoms with E-state index < -0.39 is 10.0 Å². The minimum atomic E-state index is -3.84. The van der Waals surface area contributed by atoms with Crippen LogP contribution in [0.1, 0.15) is 39.9 Å². The smallest absolute Gasteiger partial charge is 0.261 e.